The Hall–Kier alpha value is -2.29. The molecule has 1 saturated heterocycles. The number of hydrogen-bond acceptors (Lipinski definition) is 2. The standard InChI is InChI=1S/C16H16N2O/c1-11-15(19)17-18(16(11,2)3)14-10-6-8-12-7-4-5-9-13(12)14/h4-10H,1H2,2-3H3,(H,17,19). The van der Waals surface area contributed by atoms with Crippen LogP contribution in [0, 0.1) is 0 Å². The van der Waals surface area contributed by atoms with Crippen LogP contribution < -0.4 is 10.4 Å². The molecule has 3 rings (SSSR count). The molecule has 0 aromatic heterocycles. The van der Waals surface area contributed by atoms with E-state index in [-0.39, 0.29) is 5.91 Å². The number of hydrogen-bond donors (Lipinski definition) is 1. The predicted octanol–water partition coefficient (Wildman–Crippen LogP) is 3.03. The van der Waals surface area contributed by atoms with Gasteiger partial charge in [0.05, 0.1) is 11.2 Å². The van der Waals surface area contributed by atoms with E-state index in [9.17, 15) is 4.79 Å². The first-order valence-corrected chi connectivity index (χ1v) is 6.30. The van der Waals surface area contributed by atoms with Crippen molar-refractivity contribution in [3.63, 3.8) is 0 Å². The first kappa shape index (κ1) is 11.8. The SMILES string of the molecule is C=C1C(=O)NN(c2cccc3ccccc23)C1(C)C. The number of carbonyl (C=O) groups is 1. The van der Waals surface area contributed by atoms with Gasteiger partial charge < -0.3 is 0 Å². The molecule has 2 aromatic rings. The van der Waals surface area contributed by atoms with Gasteiger partial charge in [0.25, 0.3) is 5.91 Å². The fourth-order valence-corrected chi connectivity index (χ4v) is 2.49. The Morgan fingerprint density at radius 1 is 1.11 bits per heavy atom. The van der Waals surface area contributed by atoms with Crippen molar-refractivity contribution < 1.29 is 4.79 Å². The molecule has 1 heterocycles. The zero-order valence-electron chi connectivity index (χ0n) is 11.1. The first-order chi connectivity index (χ1) is 9.01. The van der Waals surface area contributed by atoms with Crippen molar-refractivity contribution in [3.05, 3.63) is 54.6 Å². The molecule has 1 aliphatic heterocycles. The van der Waals surface area contributed by atoms with Crippen LogP contribution in [-0.4, -0.2) is 11.4 Å². The van der Waals surface area contributed by atoms with E-state index < -0.39 is 5.54 Å². The number of rotatable bonds is 1. The molecule has 0 bridgehead atoms. The third-order valence-corrected chi connectivity index (χ3v) is 3.79. The quantitative estimate of drug-likeness (QED) is 0.791. The van der Waals surface area contributed by atoms with Crippen molar-refractivity contribution in [2.24, 2.45) is 0 Å². The van der Waals surface area contributed by atoms with E-state index in [0.29, 0.717) is 5.57 Å². The number of amides is 1. The fraction of sp³-hybridized carbons (Fsp3) is 0.188. The van der Waals surface area contributed by atoms with Crippen LogP contribution in [0.2, 0.25) is 0 Å². The van der Waals surface area contributed by atoms with Crippen molar-refractivity contribution in [2.75, 3.05) is 5.01 Å². The number of fused-ring (bicyclic) bond motifs is 1. The lowest BCUT2D eigenvalue weighted by Crippen LogP contribution is -2.45. The zero-order chi connectivity index (χ0) is 13.6. The van der Waals surface area contributed by atoms with Gasteiger partial charge in [-0.25, -0.2) is 0 Å². The number of carbonyl (C=O) groups excluding carboxylic acids is 1. The second-order valence-corrected chi connectivity index (χ2v) is 5.31. The summed E-state index contributed by atoms with van der Waals surface area (Å²) in [5.41, 5.74) is 4.05. The van der Waals surface area contributed by atoms with E-state index >= 15 is 0 Å². The molecular weight excluding hydrogens is 236 g/mol. The molecule has 1 amide bonds. The highest BCUT2D eigenvalue weighted by Gasteiger charge is 2.41. The van der Waals surface area contributed by atoms with Crippen LogP contribution in [-0.2, 0) is 4.79 Å². The molecule has 19 heavy (non-hydrogen) atoms. The van der Waals surface area contributed by atoms with Gasteiger partial charge in [0.15, 0.2) is 0 Å². The minimum Gasteiger partial charge on any atom is -0.274 e. The maximum absolute atomic E-state index is 11.9. The van der Waals surface area contributed by atoms with Crippen molar-refractivity contribution in [1.29, 1.82) is 0 Å². The number of benzene rings is 2. The van der Waals surface area contributed by atoms with Crippen molar-refractivity contribution in [3.8, 4) is 0 Å². The summed E-state index contributed by atoms with van der Waals surface area (Å²) in [6.07, 6.45) is 0. The van der Waals surface area contributed by atoms with Crippen LogP contribution in [0.1, 0.15) is 13.8 Å². The molecule has 0 unspecified atom stereocenters. The number of anilines is 1. The lowest BCUT2D eigenvalue weighted by molar-refractivity contribution is -0.116. The van der Waals surface area contributed by atoms with Gasteiger partial charge in [0, 0.05) is 11.0 Å². The van der Waals surface area contributed by atoms with E-state index in [2.05, 4.69) is 30.2 Å². The molecule has 96 valence electrons. The Morgan fingerprint density at radius 3 is 2.47 bits per heavy atom. The molecule has 2 aromatic carbocycles. The van der Waals surface area contributed by atoms with Crippen molar-refractivity contribution in [1.82, 2.24) is 5.43 Å². The summed E-state index contributed by atoms with van der Waals surface area (Å²) in [4.78, 5) is 11.9. The predicted molar refractivity (Wildman–Crippen MR) is 77.8 cm³/mol. The molecule has 3 heteroatoms. The van der Waals surface area contributed by atoms with E-state index in [0.717, 1.165) is 16.5 Å². The Balaban J connectivity index is 2.21. The Bertz CT molecular complexity index is 683. The van der Waals surface area contributed by atoms with E-state index in [1.165, 1.54) is 0 Å². The van der Waals surface area contributed by atoms with Crippen LogP contribution in [0.3, 0.4) is 0 Å². The second-order valence-electron chi connectivity index (χ2n) is 5.31. The highest BCUT2D eigenvalue weighted by atomic mass is 16.2. The largest absolute Gasteiger partial charge is 0.274 e. The first-order valence-electron chi connectivity index (χ1n) is 6.30. The molecule has 1 aliphatic rings. The maximum Gasteiger partial charge on any atom is 0.267 e. The molecule has 3 nitrogen and oxygen atoms in total. The second kappa shape index (κ2) is 3.85. The van der Waals surface area contributed by atoms with Gasteiger partial charge in [0.2, 0.25) is 0 Å². The van der Waals surface area contributed by atoms with E-state index in [4.69, 9.17) is 0 Å². The van der Waals surface area contributed by atoms with Gasteiger partial charge in [-0.3, -0.25) is 15.2 Å². The number of nitrogens with one attached hydrogen (secondary N) is 1. The molecular formula is C16H16N2O. The topological polar surface area (TPSA) is 32.3 Å². The lowest BCUT2D eigenvalue weighted by Gasteiger charge is -2.32. The highest BCUT2D eigenvalue weighted by Crippen LogP contribution is 2.36. The van der Waals surface area contributed by atoms with Gasteiger partial charge >= 0.3 is 0 Å². The average molecular weight is 252 g/mol. The molecule has 0 spiro atoms. The Kier molecular flexibility index (Phi) is 2.39. The number of hydrazine groups is 1. The van der Waals surface area contributed by atoms with Gasteiger partial charge in [0.1, 0.15) is 0 Å². The van der Waals surface area contributed by atoms with Crippen LogP contribution in [0.4, 0.5) is 5.69 Å². The maximum atomic E-state index is 11.9. The van der Waals surface area contributed by atoms with Crippen LogP contribution in [0.5, 0.6) is 0 Å². The zero-order valence-corrected chi connectivity index (χ0v) is 11.1. The van der Waals surface area contributed by atoms with Gasteiger partial charge in [-0.15, -0.1) is 0 Å². The molecule has 0 saturated carbocycles. The Morgan fingerprint density at radius 2 is 1.79 bits per heavy atom. The minimum atomic E-state index is -0.429. The molecule has 0 atom stereocenters. The summed E-state index contributed by atoms with van der Waals surface area (Å²) in [6, 6.07) is 14.2. The van der Waals surface area contributed by atoms with E-state index in [1.54, 1.807) is 0 Å². The Labute approximate surface area is 112 Å². The summed E-state index contributed by atoms with van der Waals surface area (Å²) in [5.74, 6) is -0.113. The summed E-state index contributed by atoms with van der Waals surface area (Å²) < 4.78 is 0. The third-order valence-electron chi connectivity index (χ3n) is 3.79. The van der Waals surface area contributed by atoms with Crippen molar-refractivity contribution in [2.45, 2.75) is 19.4 Å². The molecule has 0 radical (unpaired) electrons. The van der Waals surface area contributed by atoms with Gasteiger partial charge in [-0.05, 0) is 25.3 Å². The fourth-order valence-electron chi connectivity index (χ4n) is 2.49. The molecule has 1 fully saturated rings. The van der Waals surface area contributed by atoms with Gasteiger partial charge in [-0.1, -0.05) is 43.0 Å². The molecule has 0 aliphatic carbocycles. The molecule has 1 N–H and O–H groups in total. The summed E-state index contributed by atoms with van der Waals surface area (Å²) >= 11 is 0. The van der Waals surface area contributed by atoms with Crippen molar-refractivity contribution >= 4 is 22.4 Å². The van der Waals surface area contributed by atoms with Crippen LogP contribution in [0.15, 0.2) is 54.6 Å². The normalized spacial score (nSPS) is 17.9. The average Bonchev–Trinajstić information content (AvgIpc) is 2.61. The monoisotopic (exact) mass is 252 g/mol. The third kappa shape index (κ3) is 1.62. The summed E-state index contributed by atoms with van der Waals surface area (Å²) in [6.45, 7) is 7.88. The van der Waals surface area contributed by atoms with E-state index in [1.807, 2.05) is 43.1 Å². The number of nitrogens with zero attached hydrogens (tertiary/aromatic N) is 1. The smallest absolute Gasteiger partial charge is 0.267 e. The summed E-state index contributed by atoms with van der Waals surface area (Å²) in [7, 11) is 0. The van der Waals surface area contributed by atoms with Crippen LogP contribution >= 0.6 is 0 Å². The summed E-state index contributed by atoms with van der Waals surface area (Å²) in [5, 5.41) is 4.18. The van der Waals surface area contributed by atoms with Crippen LogP contribution in [0.25, 0.3) is 10.8 Å². The lowest BCUT2D eigenvalue weighted by atomic mass is 9.95. The van der Waals surface area contributed by atoms with Gasteiger partial charge in [-0.2, -0.15) is 0 Å². The highest BCUT2D eigenvalue weighted by molar-refractivity contribution is 6.03. The minimum absolute atomic E-state index is 0.113.